The predicted molar refractivity (Wildman–Crippen MR) is 35.7 cm³/mol. The molecule has 0 aliphatic carbocycles. The van der Waals surface area contributed by atoms with Crippen LogP contribution in [0.2, 0.25) is 0 Å². The highest BCUT2D eigenvalue weighted by Crippen LogP contribution is 2.09. The van der Waals surface area contributed by atoms with Crippen LogP contribution < -0.4 is 0 Å². The van der Waals surface area contributed by atoms with Gasteiger partial charge < -0.3 is 5.11 Å². The SMILES string of the molecule is C=C(CO)C(C)CC. The summed E-state index contributed by atoms with van der Waals surface area (Å²) >= 11 is 0. The quantitative estimate of drug-likeness (QED) is 0.552. The van der Waals surface area contributed by atoms with E-state index in [0.717, 1.165) is 12.0 Å². The molecule has 0 heterocycles. The Hall–Kier alpha value is -0.300. The van der Waals surface area contributed by atoms with Crippen molar-refractivity contribution in [2.45, 2.75) is 20.3 Å². The van der Waals surface area contributed by atoms with Gasteiger partial charge in [-0.1, -0.05) is 20.4 Å². The molecule has 0 aromatic heterocycles. The molecule has 0 amide bonds. The van der Waals surface area contributed by atoms with Crippen LogP contribution in [0, 0.1) is 5.92 Å². The van der Waals surface area contributed by atoms with Gasteiger partial charge in [-0.3, -0.25) is 0 Å². The van der Waals surface area contributed by atoms with E-state index < -0.39 is 0 Å². The number of hydrogen-bond donors (Lipinski definition) is 1. The molecule has 0 saturated heterocycles. The van der Waals surface area contributed by atoms with Crippen LogP contribution in [0.5, 0.6) is 0 Å². The Bertz CT molecular complexity index is 76.5. The lowest BCUT2D eigenvalue weighted by Crippen LogP contribution is -1.99. The average Bonchev–Trinajstić information content (AvgIpc) is 1.84. The molecule has 1 N–H and O–H groups in total. The number of aliphatic hydroxyl groups is 1. The van der Waals surface area contributed by atoms with Crippen molar-refractivity contribution in [2.75, 3.05) is 6.61 Å². The predicted octanol–water partition coefficient (Wildman–Crippen LogP) is 1.58. The Morgan fingerprint density at radius 3 is 2.38 bits per heavy atom. The van der Waals surface area contributed by atoms with Crippen LogP contribution in [-0.2, 0) is 0 Å². The smallest absolute Gasteiger partial charge is 0.0641 e. The molecule has 0 aliphatic heterocycles. The maximum absolute atomic E-state index is 8.54. The van der Waals surface area contributed by atoms with Crippen molar-refractivity contribution in [2.24, 2.45) is 5.92 Å². The van der Waals surface area contributed by atoms with E-state index in [0.29, 0.717) is 5.92 Å². The standard InChI is InChI=1S/C7H14O/c1-4-6(2)7(3)5-8/h6,8H,3-5H2,1-2H3. The van der Waals surface area contributed by atoms with Gasteiger partial charge in [-0.25, -0.2) is 0 Å². The van der Waals surface area contributed by atoms with Gasteiger partial charge in [-0.05, 0) is 17.9 Å². The number of aliphatic hydroxyl groups excluding tert-OH is 1. The molecule has 1 atom stereocenters. The van der Waals surface area contributed by atoms with Gasteiger partial charge >= 0.3 is 0 Å². The summed E-state index contributed by atoms with van der Waals surface area (Å²) in [6.07, 6.45) is 1.07. The first-order valence-corrected chi connectivity index (χ1v) is 3.00. The lowest BCUT2D eigenvalue weighted by molar-refractivity contribution is 0.315. The fraction of sp³-hybridized carbons (Fsp3) is 0.714. The minimum atomic E-state index is 0.134. The molecular weight excluding hydrogens is 100 g/mol. The molecule has 0 spiro atoms. The fourth-order valence-electron chi connectivity index (χ4n) is 0.445. The van der Waals surface area contributed by atoms with Crippen molar-refractivity contribution in [1.29, 1.82) is 0 Å². The lowest BCUT2D eigenvalue weighted by atomic mass is 10.0. The molecule has 0 saturated carbocycles. The third-order valence-corrected chi connectivity index (χ3v) is 1.51. The van der Waals surface area contributed by atoms with Crippen molar-refractivity contribution in [3.05, 3.63) is 12.2 Å². The number of rotatable bonds is 3. The first kappa shape index (κ1) is 7.70. The molecule has 0 aromatic carbocycles. The third kappa shape index (κ3) is 2.12. The molecule has 1 unspecified atom stereocenters. The molecular formula is C7H14O. The van der Waals surface area contributed by atoms with E-state index in [4.69, 9.17) is 5.11 Å². The summed E-state index contributed by atoms with van der Waals surface area (Å²) in [5.74, 6) is 0.472. The van der Waals surface area contributed by atoms with E-state index in [1.807, 2.05) is 0 Å². The van der Waals surface area contributed by atoms with E-state index in [-0.39, 0.29) is 6.61 Å². The summed E-state index contributed by atoms with van der Waals surface area (Å²) in [7, 11) is 0. The molecule has 0 aliphatic rings. The van der Waals surface area contributed by atoms with Crippen LogP contribution in [0.4, 0.5) is 0 Å². The summed E-state index contributed by atoms with van der Waals surface area (Å²) in [6.45, 7) is 7.98. The minimum Gasteiger partial charge on any atom is -0.392 e. The molecule has 0 radical (unpaired) electrons. The van der Waals surface area contributed by atoms with Gasteiger partial charge in [-0.2, -0.15) is 0 Å². The maximum Gasteiger partial charge on any atom is 0.0641 e. The van der Waals surface area contributed by atoms with Gasteiger partial charge in [0.2, 0.25) is 0 Å². The van der Waals surface area contributed by atoms with Gasteiger partial charge in [0, 0.05) is 0 Å². The van der Waals surface area contributed by atoms with E-state index in [1.54, 1.807) is 0 Å². The van der Waals surface area contributed by atoms with Crippen LogP contribution in [0.1, 0.15) is 20.3 Å². The van der Waals surface area contributed by atoms with Crippen molar-refractivity contribution in [3.8, 4) is 0 Å². The highest BCUT2D eigenvalue weighted by molar-refractivity contribution is 4.97. The van der Waals surface area contributed by atoms with Gasteiger partial charge in [0.05, 0.1) is 6.61 Å². The Balaban J connectivity index is 3.46. The van der Waals surface area contributed by atoms with Crippen LogP contribution in [-0.4, -0.2) is 11.7 Å². The Morgan fingerprint density at radius 1 is 1.75 bits per heavy atom. The average molecular weight is 114 g/mol. The first-order valence-electron chi connectivity index (χ1n) is 3.00. The van der Waals surface area contributed by atoms with Crippen LogP contribution in [0.25, 0.3) is 0 Å². The summed E-state index contributed by atoms with van der Waals surface area (Å²) in [4.78, 5) is 0. The molecule has 48 valence electrons. The second kappa shape index (κ2) is 3.67. The maximum atomic E-state index is 8.54. The Labute approximate surface area is 51.0 Å². The molecule has 0 bridgehead atoms. The third-order valence-electron chi connectivity index (χ3n) is 1.51. The highest BCUT2D eigenvalue weighted by atomic mass is 16.3. The molecule has 1 nitrogen and oxygen atoms in total. The number of hydrogen-bond acceptors (Lipinski definition) is 1. The highest BCUT2D eigenvalue weighted by Gasteiger charge is 1.99. The summed E-state index contributed by atoms with van der Waals surface area (Å²) in [5, 5.41) is 8.54. The van der Waals surface area contributed by atoms with E-state index >= 15 is 0 Å². The zero-order chi connectivity index (χ0) is 6.57. The first-order chi connectivity index (χ1) is 3.72. The van der Waals surface area contributed by atoms with Crippen LogP contribution in [0.3, 0.4) is 0 Å². The van der Waals surface area contributed by atoms with Gasteiger partial charge in [0.15, 0.2) is 0 Å². The molecule has 0 fully saturated rings. The van der Waals surface area contributed by atoms with Gasteiger partial charge in [-0.15, -0.1) is 0 Å². The van der Waals surface area contributed by atoms with Gasteiger partial charge in [0.1, 0.15) is 0 Å². The monoisotopic (exact) mass is 114 g/mol. The zero-order valence-electron chi connectivity index (χ0n) is 5.65. The molecule has 0 rings (SSSR count). The minimum absolute atomic E-state index is 0.134. The molecule has 1 heteroatoms. The second-order valence-electron chi connectivity index (χ2n) is 2.13. The van der Waals surface area contributed by atoms with Crippen molar-refractivity contribution >= 4 is 0 Å². The van der Waals surface area contributed by atoms with Crippen LogP contribution in [0.15, 0.2) is 12.2 Å². The zero-order valence-corrected chi connectivity index (χ0v) is 5.65. The largest absolute Gasteiger partial charge is 0.392 e. The van der Waals surface area contributed by atoms with Gasteiger partial charge in [0.25, 0.3) is 0 Å². The van der Waals surface area contributed by atoms with Crippen molar-refractivity contribution in [3.63, 3.8) is 0 Å². The summed E-state index contributed by atoms with van der Waals surface area (Å²) in [5.41, 5.74) is 0.938. The lowest BCUT2D eigenvalue weighted by Gasteiger charge is -2.07. The van der Waals surface area contributed by atoms with Crippen molar-refractivity contribution < 1.29 is 5.11 Å². The Kier molecular flexibility index (Phi) is 3.53. The van der Waals surface area contributed by atoms with E-state index in [9.17, 15) is 0 Å². The topological polar surface area (TPSA) is 20.2 Å². The summed E-state index contributed by atoms with van der Waals surface area (Å²) in [6, 6.07) is 0. The van der Waals surface area contributed by atoms with E-state index in [2.05, 4.69) is 20.4 Å². The Morgan fingerprint density at radius 2 is 2.25 bits per heavy atom. The fourth-order valence-corrected chi connectivity index (χ4v) is 0.445. The normalized spacial score (nSPS) is 13.4. The summed E-state index contributed by atoms with van der Waals surface area (Å²) < 4.78 is 0. The molecule has 0 aromatic rings. The molecule has 8 heavy (non-hydrogen) atoms. The van der Waals surface area contributed by atoms with Crippen LogP contribution >= 0.6 is 0 Å². The van der Waals surface area contributed by atoms with E-state index in [1.165, 1.54) is 0 Å². The second-order valence-corrected chi connectivity index (χ2v) is 2.13. The van der Waals surface area contributed by atoms with Crippen molar-refractivity contribution in [1.82, 2.24) is 0 Å².